The monoisotopic (exact) mass is 249 g/mol. The molecule has 1 aliphatic rings. The maximum atomic E-state index is 6.03. The Morgan fingerprint density at radius 1 is 1.22 bits per heavy atom. The summed E-state index contributed by atoms with van der Waals surface area (Å²) in [6.45, 7) is 2.06. The SMILES string of the molecule is CCc1nc(NC)cc(OC2CCCCCC2)n1. The highest BCUT2D eigenvalue weighted by Crippen LogP contribution is 2.23. The molecule has 4 heteroatoms. The number of nitrogens with one attached hydrogen (secondary N) is 1. The van der Waals surface area contributed by atoms with Crippen molar-refractivity contribution >= 4 is 5.82 Å². The number of rotatable bonds is 4. The van der Waals surface area contributed by atoms with Gasteiger partial charge in [0.2, 0.25) is 5.88 Å². The number of hydrogen-bond acceptors (Lipinski definition) is 4. The molecule has 0 bridgehead atoms. The van der Waals surface area contributed by atoms with E-state index in [1.54, 1.807) is 0 Å². The van der Waals surface area contributed by atoms with Gasteiger partial charge in [-0.2, -0.15) is 4.98 Å². The van der Waals surface area contributed by atoms with Crippen molar-refractivity contribution in [3.63, 3.8) is 0 Å². The number of nitrogens with zero attached hydrogens (tertiary/aromatic N) is 2. The fourth-order valence-corrected chi connectivity index (χ4v) is 2.35. The Balaban J connectivity index is 2.06. The summed E-state index contributed by atoms with van der Waals surface area (Å²) in [4.78, 5) is 8.83. The zero-order chi connectivity index (χ0) is 12.8. The lowest BCUT2D eigenvalue weighted by Crippen LogP contribution is -2.16. The van der Waals surface area contributed by atoms with E-state index in [4.69, 9.17) is 4.74 Å². The van der Waals surface area contributed by atoms with Gasteiger partial charge in [0.1, 0.15) is 17.7 Å². The quantitative estimate of drug-likeness (QED) is 0.832. The number of anilines is 1. The highest BCUT2D eigenvalue weighted by molar-refractivity contribution is 5.37. The molecule has 0 spiro atoms. The zero-order valence-corrected chi connectivity index (χ0v) is 11.4. The molecule has 1 saturated carbocycles. The van der Waals surface area contributed by atoms with Crippen LogP contribution in [0.1, 0.15) is 51.3 Å². The van der Waals surface area contributed by atoms with E-state index in [0.717, 1.165) is 36.8 Å². The summed E-state index contributed by atoms with van der Waals surface area (Å²) in [6, 6.07) is 1.89. The molecule has 1 aromatic heterocycles. The van der Waals surface area contributed by atoms with Crippen molar-refractivity contribution in [1.82, 2.24) is 9.97 Å². The van der Waals surface area contributed by atoms with Crippen molar-refractivity contribution in [2.45, 2.75) is 58.0 Å². The lowest BCUT2D eigenvalue weighted by atomic mass is 10.1. The largest absolute Gasteiger partial charge is 0.474 e. The van der Waals surface area contributed by atoms with E-state index >= 15 is 0 Å². The summed E-state index contributed by atoms with van der Waals surface area (Å²) in [7, 11) is 1.87. The van der Waals surface area contributed by atoms with Gasteiger partial charge in [-0.25, -0.2) is 4.98 Å². The van der Waals surface area contributed by atoms with E-state index in [0.29, 0.717) is 6.10 Å². The average Bonchev–Trinajstić information content (AvgIpc) is 2.67. The Morgan fingerprint density at radius 2 is 1.94 bits per heavy atom. The molecule has 0 amide bonds. The molecule has 2 rings (SSSR count). The van der Waals surface area contributed by atoms with Crippen molar-refractivity contribution in [2.24, 2.45) is 0 Å². The van der Waals surface area contributed by atoms with E-state index < -0.39 is 0 Å². The third-order valence-corrected chi connectivity index (χ3v) is 3.41. The van der Waals surface area contributed by atoms with Crippen molar-refractivity contribution in [3.8, 4) is 5.88 Å². The molecule has 0 aliphatic heterocycles. The van der Waals surface area contributed by atoms with Crippen LogP contribution in [0.5, 0.6) is 5.88 Å². The molecule has 1 N–H and O–H groups in total. The fraction of sp³-hybridized carbons (Fsp3) is 0.714. The van der Waals surface area contributed by atoms with Gasteiger partial charge in [0.25, 0.3) is 0 Å². The minimum atomic E-state index is 0.330. The fourth-order valence-electron chi connectivity index (χ4n) is 2.35. The Kier molecular flexibility index (Phi) is 4.79. The summed E-state index contributed by atoms with van der Waals surface area (Å²) < 4.78 is 6.03. The molecule has 0 saturated heterocycles. The first-order chi connectivity index (χ1) is 8.81. The molecule has 100 valence electrons. The molecule has 1 fully saturated rings. The number of ether oxygens (including phenoxy) is 1. The van der Waals surface area contributed by atoms with Gasteiger partial charge in [-0.1, -0.05) is 19.8 Å². The Bertz CT molecular complexity index is 351. The lowest BCUT2D eigenvalue weighted by molar-refractivity contribution is 0.175. The van der Waals surface area contributed by atoms with Crippen LogP contribution in [0.4, 0.5) is 5.82 Å². The van der Waals surface area contributed by atoms with E-state index in [9.17, 15) is 0 Å². The summed E-state index contributed by atoms with van der Waals surface area (Å²) in [5, 5.41) is 3.06. The maximum Gasteiger partial charge on any atom is 0.218 e. The summed E-state index contributed by atoms with van der Waals surface area (Å²) in [5.41, 5.74) is 0. The smallest absolute Gasteiger partial charge is 0.218 e. The highest BCUT2D eigenvalue weighted by atomic mass is 16.5. The predicted octanol–water partition coefficient (Wildman–Crippen LogP) is 3.18. The highest BCUT2D eigenvalue weighted by Gasteiger charge is 2.15. The molecule has 0 atom stereocenters. The van der Waals surface area contributed by atoms with E-state index in [1.165, 1.54) is 25.7 Å². The molecule has 0 aromatic carbocycles. The minimum absolute atomic E-state index is 0.330. The van der Waals surface area contributed by atoms with Gasteiger partial charge in [-0.05, 0) is 25.7 Å². The van der Waals surface area contributed by atoms with Gasteiger partial charge in [0, 0.05) is 19.5 Å². The number of aryl methyl sites for hydroxylation is 1. The van der Waals surface area contributed by atoms with Crippen molar-refractivity contribution < 1.29 is 4.74 Å². The first kappa shape index (κ1) is 13.1. The number of hydrogen-bond donors (Lipinski definition) is 1. The van der Waals surface area contributed by atoms with E-state index in [-0.39, 0.29) is 0 Å². The van der Waals surface area contributed by atoms with Gasteiger partial charge < -0.3 is 10.1 Å². The molecule has 18 heavy (non-hydrogen) atoms. The van der Waals surface area contributed by atoms with Gasteiger partial charge >= 0.3 is 0 Å². The molecule has 1 aromatic rings. The van der Waals surface area contributed by atoms with Gasteiger partial charge in [0.15, 0.2) is 0 Å². The first-order valence-electron chi connectivity index (χ1n) is 7.04. The molecule has 1 heterocycles. The second kappa shape index (κ2) is 6.57. The van der Waals surface area contributed by atoms with E-state index in [2.05, 4.69) is 22.2 Å². The van der Waals surface area contributed by atoms with Crippen LogP contribution in [0, 0.1) is 0 Å². The summed E-state index contributed by atoms with van der Waals surface area (Å²) in [6.07, 6.45) is 8.69. The number of aromatic nitrogens is 2. The van der Waals surface area contributed by atoms with Crippen LogP contribution in [0.15, 0.2) is 6.07 Å². The first-order valence-corrected chi connectivity index (χ1v) is 7.04. The lowest BCUT2D eigenvalue weighted by Gasteiger charge is -2.17. The molecule has 0 unspecified atom stereocenters. The predicted molar refractivity (Wildman–Crippen MR) is 73.1 cm³/mol. The van der Waals surface area contributed by atoms with Crippen LogP contribution in [0.2, 0.25) is 0 Å². The van der Waals surface area contributed by atoms with Crippen LogP contribution in [-0.2, 0) is 6.42 Å². The van der Waals surface area contributed by atoms with Crippen LogP contribution < -0.4 is 10.1 Å². The van der Waals surface area contributed by atoms with Gasteiger partial charge in [-0.3, -0.25) is 0 Å². The van der Waals surface area contributed by atoms with Gasteiger partial charge in [-0.15, -0.1) is 0 Å². The van der Waals surface area contributed by atoms with Crippen LogP contribution in [0.25, 0.3) is 0 Å². The third-order valence-electron chi connectivity index (χ3n) is 3.41. The average molecular weight is 249 g/mol. The Labute approximate surface area is 109 Å². The van der Waals surface area contributed by atoms with Crippen molar-refractivity contribution in [1.29, 1.82) is 0 Å². The second-order valence-corrected chi connectivity index (χ2v) is 4.84. The third kappa shape index (κ3) is 3.59. The van der Waals surface area contributed by atoms with Crippen LogP contribution in [0.3, 0.4) is 0 Å². The normalized spacial score (nSPS) is 17.2. The zero-order valence-electron chi connectivity index (χ0n) is 11.4. The van der Waals surface area contributed by atoms with Crippen molar-refractivity contribution in [3.05, 3.63) is 11.9 Å². The molecular weight excluding hydrogens is 226 g/mol. The standard InChI is InChI=1S/C14H23N3O/c1-3-12-16-13(15-2)10-14(17-12)18-11-8-6-4-5-7-9-11/h10-11H,3-9H2,1-2H3,(H,15,16,17). The van der Waals surface area contributed by atoms with Crippen LogP contribution >= 0.6 is 0 Å². The Morgan fingerprint density at radius 3 is 2.56 bits per heavy atom. The van der Waals surface area contributed by atoms with Gasteiger partial charge in [0.05, 0.1) is 0 Å². The van der Waals surface area contributed by atoms with Crippen LogP contribution in [-0.4, -0.2) is 23.1 Å². The molecular formula is C14H23N3O. The minimum Gasteiger partial charge on any atom is -0.474 e. The second-order valence-electron chi connectivity index (χ2n) is 4.84. The Hall–Kier alpha value is -1.32. The maximum absolute atomic E-state index is 6.03. The van der Waals surface area contributed by atoms with Crippen molar-refractivity contribution in [2.75, 3.05) is 12.4 Å². The van der Waals surface area contributed by atoms with E-state index in [1.807, 2.05) is 13.1 Å². The molecule has 0 radical (unpaired) electrons. The molecule has 4 nitrogen and oxygen atoms in total. The molecule has 1 aliphatic carbocycles. The summed E-state index contributed by atoms with van der Waals surface area (Å²) in [5.74, 6) is 2.40. The topological polar surface area (TPSA) is 47.0 Å². The summed E-state index contributed by atoms with van der Waals surface area (Å²) >= 11 is 0.